The lowest BCUT2D eigenvalue weighted by Gasteiger charge is -2.15. The second-order valence-electron chi connectivity index (χ2n) is 7.10. The van der Waals surface area contributed by atoms with E-state index in [1.165, 1.54) is 19.1 Å². The van der Waals surface area contributed by atoms with E-state index in [0.29, 0.717) is 36.8 Å². The second-order valence-corrected chi connectivity index (χ2v) is 7.10. The standard InChI is InChI=1S/C23H29F2NO2/c1-4-17(3)16-26-22(27)19-8-6-18(7-9-19)14-15-28-21-12-10-20(11-13-21)23(24,25)5-2/h6-13,17H,4-5,14-16H2,1-3H3,(H,26,27). The number of alkyl halides is 2. The summed E-state index contributed by atoms with van der Waals surface area (Å²) in [7, 11) is 0. The second kappa shape index (κ2) is 10.2. The van der Waals surface area contributed by atoms with Crippen molar-refractivity contribution in [1.29, 1.82) is 0 Å². The normalized spacial score (nSPS) is 12.5. The van der Waals surface area contributed by atoms with Crippen LogP contribution in [0.5, 0.6) is 5.75 Å². The molecule has 0 aromatic heterocycles. The summed E-state index contributed by atoms with van der Waals surface area (Å²) >= 11 is 0. The van der Waals surface area contributed by atoms with Gasteiger partial charge in [-0.3, -0.25) is 4.79 Å². The number of carbonyl (C=O) groups excluding carboxylic acids is 1. The minimum absolute atomic E-state index is 0.00421. The largest absolute Gasteiger partial charge is 0.493 e. The van der Waals surface area contributed by atoms with Crippen LogP contribution in [0.15, 0.2) is 48.5 Å². The van der Waals surface area contributed by atoms with Crippen molar-refractivity contribution in [2.45, 2.75) is 46.0 Å². The van der Waals surface area contributed by atoms with E-state index < -0.39 is 5.92 Å². The Bertz CT molecular complexity index is 742. The van der Waals surface area contributed by atoms with Gasteiger partial charge in [-0.2, -0.15) is 0 Å². The predicted molar refractivity (Wildman–Crippen MR) is 108 cm³/mol. The summed E-state index contributed by atoms with van der Waals surface area (Å²) in [4.78, 5) is 12.1. The lowest BCUT2D eigenvalue weighted by atomic mass is 10.1. The number of carbonyl (C=O) groups is 1. The zero-order chi connectivity index (χ0) is 20.6. The number of nitrogens with one attached hydrogen (secondary N) is 1. The van der Waals surface area contributed by atoms with Gasteiger partial charge < -0.3 is 10.1 Å². The van der Waals surface area contributed by atoms with Crippen LogP contribution in [0.4, 0.5) is 8.78 Å². The third-order valence-electron chi connectivity index (χ3n) is 4.90. The van der Waals surface area contributed by atoms with E-state index in [1.807, 2.05) is 24.3 Å². The van der Waals surface area contributed by atoms with E-state index in [-0.39, 0.29) is 17.9 Å². The third kappa shape index (κ3) is 6.32. The monoisotopic (exact) mass is 389 g/mol. The summed E-state index contributed by atoms with van der Waals surface area (Å²) < 4.78 is 32.9. The summed E-state index contributed by atoms with van der Waals surface area (Å²) in [6, 6.07) is 13.4. The van der Waals surface area contributed by atoms with Gasteiger partial charge in [0.15, 0.2) is 0 Å². The number of rotatable bonds is 10. The molecule has 0 saturated carbocycles. The molecule has 0 aliphatic rings. The number of benzene rings is 2. The smallest absolute Gasteiger partial charge is 0.273 e. The van der Waals surface area contributed by atoms with E-state index in [2.05, 4.69) is 19.2 Å². The lowest BCUT2D eigenvalue weighted by molar-refractivity contribution is -0.00832. The minimum atomic E-state index is -2.80. The van der Waals surface area contributed by atoms with Crippen molar-refractivity contribution in [2.24, 2.45) is 5.92 Å². The van der Waals surface area contributed by atoms with E-state index >= 15 is 0 Å². The molecule has 1 amide bonds. The van der Waals surface area contributed by atoms with Crippen molar-refractivity contribution in [1.82, 2.24) is 5.32 Å². The maximum atomic E-state index is 13.6. The molecule has 0 fully saturated rings. The molecule has 0 aliphatic carbocycles. The summed E-state index contributed by atoms with van der Waals surface area (Å²) in [6.45, 7) is 6.77. The molecule has 0 heterocycles. The molecule has 2 aromatic carbocycles. The summed E-state index contributed by atoms with van der Waals surface area (Å²) in [5.41, 5.74) is 1.69. The zero-order valence-electron chi connectivity index (χ0n) is 16.8. The number of halogens is 2. The van der Waals surface area contributed by atoms with Crippen molar-refractivity contribution in [2.75, 3.05) is 13.2 Å². The minimum Gasteiger partial charge on any atom is -0.493 e. The molecule has 0 spiro atoms. The highest BCUT2D eigenvalue weighted by Gasteiger charge is 2.28. The molecular formula is C23H29F2NO2. The van der Waals surface area contributed by atoms with Gasteiger partial charge in [-0.25, -0.2) is 8.78 Å². The summed E-state index contributed by atoms with van der Waals surface area (Å²) in [6.07, 6.45) is 1.48. The molecule has 1 unspecified atom stereocenters. The van der Waals surface area contributed by atoms with Crippen molar-refractivity contribution < 1.29 is 18.3 Å². The lowest BCUT2D eigenvalue weighted by Crippen LogP contribution is -2.28. The number of ether oxygens (including phenoxy) is 1. The molecule has 3 nitrogen and oxygen atoms in total. The van der Waals surface area contributed by atoms with E-state index in [4.69, 9.17) is 4.74 Å². The first kappa shape index (κ1) is 21.9. The van der Waals surface area contributed by atoms with Crippen LogP contribution in [-0.2, 0) is 12.3 Å². The number of hydrogen-bond donors (Lipinski definition) is 1. The van der Waals surface area contributed by atoms with Crippen LogP contribution >= 0.6 is 0 Å². The van der Waals surface area contributed by atoms with Crippen LogP contribution < -0.4 is 10.1 Å². The van der Waals surface area contributed by atoms with Gasteiger partial charge in [0.25, 0.3) is 11.8 Å². The van der Waals surface area contributed by atoms with E-state index in [0.717, 1.165) is 12.0 Å². The summed E-state index contributed by atoms with van der Waals surface area (Å²) in [5.74, 6) is -1.84. The summed E-state index contributed by atoms with van der Waals surface area (Å²) in [5, 5.41) is 2.94. The Kier molecular flexibility index (Phi) is 7.97. The fraction of sp³-hybridized carbons (Fsp3) is 0.435. The van der Waals surface area contributed by atoms with Gasteiger partial charge in [0, 0.05) is 30.5 Å². The van der Waals surface area contributed by atoms with Gasteiger partial charge >= 0.3 is 0 Å². The van der Waals surface area contributed by atoms with Crippen molar-refractivity contribution >= 4 is 5.91 Å². The number of amides is 1. The molecule has 2 rings (SSSR count). The third-order valence-corrected chi connectivity index (χ3v) is 4.90. The Hall–Kier alpha value is -2.43. The fourth-order valence-corrected chi connectivity index (χ4v) is 2.62. The fourth-order valence-electron chi connectivity index (χ4n) is 2.62. The molecule has 1 atom stereocenters. The molecule has 2 aromatic rings. The number of hydrogen-bond acceptors (Lipinski definition) is 2. The molecule has 1 N–H and O–H groups in total. The van der Waals surface area contributed by atoms with Gasteiger partial charge in [-0.15, -0.1) is 0 Å². The van der Waals surface area contributed by atoms with Crippen LogP contribution in [-0.4, -0.2) is 19.1 Å². The van der Waals surface area contributed by atoms with Crippen LogP contribution in [0.2, 0.25) is 0 Å². The quantitative estimate of drug-likeness (QED) is 0.576. The SMILES string of the molecule is CCC(C)CNC(=O)c1ccc(CCOc2ccc(C(F)(F)CC)cc2)cc1. The van der Waals surface area contributed by atoms with Crippen LogP contribution in [0.3, 0.4) is 0 Å². The maximum Gasteiger partial charge on any atom is 0.273 e. The average Bonchev–Trinajstić information content (AvgIpc) is 2.72. The molecule has 0 bridgehead atoms. The topological polar surface area (TPSA) is 38.3 Å². The van der Waals surface area contributed by atoms with Crippen molar-refractivity contribution in [3.63, 3.8) is 0 Å². The van der Waals surface area contributed by atoms with Crippen LogP contribution in [0, 0.1) is 5.92 Å². The molecule has 0 aliphatic heterocycles. The molecule has 5 heteroatoms. The highest BCUT2D eigenvalue weighted by atomic mass is 19.3. The molecule has 0 radical (unpaired) electrons. The Morgan fingerprint density at radius 2 is 1.71 bits per heavy atom. The van der Waals surface area contributed by atoms with E-state index in [9.17, 15) is 13.6 Å². The molecule has 152 valence electrons. The first-order valence-corrected chi connectivity index (χ1v) is 9.84. The first-order chi connectivity index (χ1) is 13.4. The van der Waals surface area contributed by atoms with Crippen molar-refractivity contribution in [3.8, 4) is 5.75 Å². The Morgan fingerprint density at radius 3 is 2.29 bits per heavy atom. The van der Waals surface area contributed by atoms with E-state index in [1.54, 1.807) is 12.1 Å². The van der Waals surface area contributed by atoms with Crippen molar-refractivity contribution in [3.05, 3.63) is 65.2 Å². The molecular weight excluding hydrogens is 360 g/mol. The predicted octanol–water partition coefficient (Wildman–Crippen LogP) is 5.59. The highest BCUT2D eigenvalue weighted by Crippen LogP contribution is 2.32. The van der Waals surface area contributed by atoms with Gasteiger partial charge in [-0.1, -0.05) is 39.3 Å². The highest BCUT2D eigenvalue weighted by molar-refractivity contribution is 5.94. The van der Waals surface area contributed by atoms with Gasteiger partial charge in [0.05, 0.1) is 6.61 Å². The molecule has 28 heavy (non-hydrogen) atoms. The van der Waals surface area contributed by atoms with Gasteiger partial charge in [0.1, 0.15) is 5.75 Å². The Labute approximate surface area is 166 Å². The molecule has 0 saturated heterocycles. The Morgan fingerprint density at radius 1 is 1.07 bits per heavy atom. The van der Waals surface area contributed by atoms with Crippen LogP contribution in [0.1, 0.15) is 55.1 Å². The first-order valence-electron chi connectivity index (χ1n) is 9.84. The maximum absolute atomic E-state index is 13.6. The Balaban J connectivity index is 1.81. The average molecular weight is 389 g/mol. The van der Waals surface area contributed by atoms with Gasteiger partial charge in [0.2, 0.25) is 0 Å². The van der Waals surface area contributed by atoms with Crippen LogP contribution in [0.25, 0.3) is 0 Å². The zero-order valence-corrected chi connectivity index (χ0v) is 16.8. The van der Waals surface area contributed by atoms with Gasteiger partial charge in [-0.05, 0) is 47.9 Å².